The molecule has 2 aromatic rings. The Labute approximate surface area is 173 Å². The quantitative estimate of drug-likeness (QED) is 0.597. The van der Waals surface area contributed by atoms with E-state index in [0.29, 0.717) is 45.1 Å². The Balaban J connectivity index is 2.01. The van der Waals surface area contributed by atoms with Crippen molar-refractivity contribution < 1.29 is 9.59 Å². The third-order valence-electron chi connectivity index (χ3n) is 3.89. The normalized spacial score (nSPS) is 10.4. The molecule has 27 heavy (non-hydrogen) atoms. The molecule has 2 rings (SSSR count). The zero-order valence-electron chi connectivity index (χ0n) is 15.0. The van der Waals surface area contributed by atoms with Crippen molar-refractivity contribution in [3.63, 3.8) is 0 Å². The average Bonchev–Trinajstić information content (AvgIpc) is 2.64. The molecule has 2 amide bonds. The van der Waals surface area contributed by atoms with E-state index in [1.54, 1.807) is 35.2 Å². The molecule has 0 radical (unpaired) electrons. The SMILES string of the molecule is CCN(CC)C(=O)c1cccc(NC(=O)CNc2cc(Cl)c(Cl)cc2Cl)c1. The maximum absolute atomic E-state index is 12.4. The molecule has 0 heterocycles. The largest absolute Gasteiger partial charge is 0.375 e. The van der Waals surface area contributed by atoms with Gasteiger partial charge in [0.25, 0.3) is 5.91 Å². The van der Waals surface area contributed by atoms with Crippen LogP contribution >= 0.6 is 34.8 Å². The van der Waals surface area contributed by atoms with Crippen molar-refractivity contribution in [2.75, 3.05) is 30.3 Å². The summed E-state index contributed by atoms with van der Waals surface area (Å²) in [6, 6.07) is 9.91. The highest BCUT2D eigenvalue weighted by Gasteiger charge is 2.13. The van der Waals surface area contributed by atoms with Gasteiger partial charge in [-0.1, -0.05) is 40.9 Å². The molecule has 0 aromatic heterocycles. The number of nitrogens with zero attached hydrogens (tertiary/aromatic N) is 1. The highest BCUT2D eigenvalue weighted by atomic mass is 35.5. The molecule has 0 aliphatic heterocycles. The molecule has 0 unspecified atom stereocenters. The van der Waals surface area contributed by atoms with Crippen LogP contribution in [0.15, 0.2) is 36.4 Å². The van der Waals surface area contributed by atoms with Crippen molar-refractivity contribution in [1.82, 2.24) is 4.90 Å². The Kier molecular flexibility index (Phi) is 7.78. The summed E-state index contributed by atoms with van der Waals surface area (Å²) < 4.78 is 0. The molecule has 0 saturated carbocycles. The highest BCUT2D eigenvalue weighted by molar-refractivity contribution is 6.44. The van der Waals surface area contributed by atoms with Gasteiger partial charge in [-0.3, -0.25) is 9.59 Å². The Morgan fingerprint density at radius 2 is 1.63 bits per heavy atom. The molecule has 5 nitrogen and oxygen atoms in total. The van der Waals surface area contributed by atoms with Crippen molar-refractivity contribution in [3.8, 4) is 0 Å². The van der Waals surface area contributed by atoms with Crippen LogP contribution in [-0.4, -0.2) is 36.3 Å². The Morgan fingerprint density at radius 3 is 2.30 bits per heavy atom. The van der Waals surface area contributed by atoms with Crippen LogP contribution in [0.5, 0.6) is 0 Å². The van der Waals surface area contributed by atoms with Gasteiger partial charge in [-0.15, -0.1) is 0 Å². The molecule has 8 heteroatoms. The second-order valence-corrected chi connectivity index (χ2v) is 6.93. The molecule has 2 N–H and O–H groups in total. The van der Waals surface area contributed by atoms with Crippen LogP contribution in [0.1, 0.15) is 24.2 Å². The molecule has 0 saturated heterocycles. The molecular formula is C19H20Cl3N3O2. The lowest BCUT2D eigenvalue weighted by Gasteiger charge is -2.19. The van der Waals surface area contributed by atoms with E-state index in [0.717, 1.165) is 0 Å². The van der Waals surface area contributed by atoms with E-state index in [-0.39, 0.29) is 18.4 Å². The zero-order valence-corrected chi connectivity index (χ0v) is 17.3. The molecule has 0 atom stereocenters. The number of carbonyl (C=O) groups excluding carboxylic acids is 2. The van der Waals surface area contributed by atoms with E-state index in [1.165, 1.54) is 6.07 Å². The standard InChI is InChI=1S/C19H20Cl3N3O2/c1-3-25(4-2)19(27)12-6-5-7-13(8-12)24-18(26)11-23-17-10-15(21)14(20)9-16(17)22/h5-10,23H,3-4,11H2,1-2H3,(H,24,26). The molecule has 0 spiro atoms. The molecule has 144 valence electrons. The van der Waals surface area contributed by atoms with Gasteiger partial charge in [0.2, 0.25) is 5.91 Å². The lowest BCUT2D eigenvalue weighted by atomic mass is 10.1. The monoisotopic (exact) mass is 427 g/mol. The van der Waals surface area contributed by atoms with Gasteiger partial charge in [-0.2, -0.15) is 0 Å². The summed E-state index contributed by atoms with van der Waals surface area (Å²) in [6.45, 7) is 5.08. The number of anilines is 2. The van der Waals surface area contributed by atoms with Crippen LogP contribution in [0, 0.1) is 0 Å². The minimum absolute atomic E-state index is 0.0219. The zero-order chi connectivity index (χ0) is 20.0. The van der Waals surface area contributed by atoms with E-state index in [9.17, 15) is 9.59 Å². The first kappa shape index (κ1) is 21.4. The second kappa shape index (κ2) is 9.83. The fourth-order valence-electron chi connectivity index (χ4n) is 2.46. The predicted octanol–water partition coefficient (Wildman–Crippen LogP) is 5.18. The van der Waals surface area contributed by atoms with Crippen molar-refractivity contribution in [2.45, 2.75) is 13.8 Å². The molecule has 2 aromatic carbocycles. The molecule has 0 aliphatic rings. The van der Waals surface area contributed by atoms with Crippen LogP contribution in [-0.2, 0) is 4.79 Å². The van der Waals surface area contributed by atoms with E-state index in [1.807, 2.05) is 13.8 Å². The van der Waals surface area contributed by atoms with Crippen LogP contribution in [0.2, 0.25) is 15.1 Å². The average molecular weight is 429 g/mol. The maximum atomic E-state index is 12.4. The topological polar surface area (TPSA) is 61.4 Å². The van der Waals surface area contributed by atoms with Gasteiger partial charge < -0.3 is 15.5 Å². The second-order valence-electron chi connectivity index (χ2n) is 5.71. The van der Waals surface area contributed by atoms with Crippen molar-refractivity contribution in [3.05, 3.63) is 57.0 Å². The Morgan fingerprint density at radius 1 is 0.963 bits per heavy atom. The van der Waals surface area contributed by atoms with Gasteiger partial charge in [-0.25, -0.2) is 0 Å². The number of carbonyl (C=O) groups is 2. The number of hydrogen-bond acceptors (Lipinski definition) is 3. The number of hydrogen-bond donors (Lipinski definition) is 2. The minimum atomic E-state index is -0.287. The number of benzene rings is 2. The Hall–Kier alpha value is -1.95. The van der Waals surface area contributed by atoms with Crippen molar-refractivity contribution in [1.29, 1.82) is 0 Å². The number of halogens is 3. The van der Waals surface area contributed by atoms with Crippen molar-refractivity contribution in [2.24, 2.45) is 0 Å². The van der Waals surface area contributed by atoms with E-state index in [2.05, 4.69) is 10.6 Å². The summed E-state index contributed by atoms with van der Waals surface area (Å²) >= 11 is 17.9. The number of amides is 2. The van der Waals surface area contributed by atoms with Crippen LogP contribution in [0.4, 0.5) is 11.4 Å². The fraction of sp³-hybridized carbons (Fsp3) is 0.263. The third kappa shape index (κ3) is 5.76. The summed E-state index contributed by atoms with van der Waals surface area (Å²) in [5.41, 5.74) is 1.57. The summed E-state index contributed by atoms with van der Waals surface area (Å²) in [7, 11) is 0. The Bertz CT molecular complexity index is 839. The van der Waals surface area contributed by atoms with Gasteiger partial charge in [0.05, 0.1) is 27.3 Å². The summed E-state index contributed by atoms with van der Waals surface area (Å²) in [6.07, 6.45) is 0. The number of nitrogens with one attached hydrogen (secondary N) is 2. The van der Waals surface area contributed by atoms with E-state index >= 15 is 0 Å². The van der Waals surface area contributed by atoms with Gasteiger partial charge in [0, 0.05) is 24.3 Å². The first-order valence-corrected chi connectivity index (χ1v) is 9.56. The summed E-state index contributed by atoms with van der Waals surface area (Å²) in [4.78, 5) is 26.3. The van der Waals surface area contributed by atoms with Gasteiger partial charge >= 0.3 is 0 Å². The first-order chi connectivity index (χ1) is 12.8. The van der Waals surface area contributed by atoms with Gasteiger partial charge in [-0.05, 0) is 44.2 Å². The molecule has 0 fully saturated rings. The maximum Gasteiger partial charge on any atom is 0.253 e. The third-order valence-corrected chi connectivity index (χ3v) is 4.93. The number of rotatable bonds is 7. The molecular weight excluding hydrogens is 409 g/mol. The van der Waals surface area contributed by atoms with Gasteiger partial charge in [0.15, 0.2) is 0 Å². The van der Waals surface area contributed by atoms with Crippen LogP contribution < -0.4 is 10.6 Å². The molecule has 0 bridgehead atoms. The van der Waals surface area contributed by atoms with E-state index < -0.39 is 0 Å². The lowest BCUT2D eigenvalue weighted by molar-refractivity contribution is -0.114. The smallest absolute Gasteiger partial charge is 0.253 e. The lowest BCUT2D eigenvalue weighted by Crippen LogP contribution is -2.30. The van der Waals surface area contributed by atoms with Crippen LogP contribution in [0.25, 0.3) is 0 Å². The summed E-state index contributed by atoms with van der Waals surface area (Å²) in [5.74, 6) is -0.360. The molecule has 0 aliphatic carbocycles. The summed E-state index contributed by atoms with van der Waals surface area (Å²) in [5, 5.41) is 6.71. The first-order valence-electron chi connectivity index (χ1n) is 8.43. The fourth-order valence-corrected chi connectivity index (χ4v) is 3.08. The van der Waals surface area contributed by atoms with Crippen molar-refractivity contribution >= 4 is 58.0 Å². The van der Waals surface area contributed by atoms with Gasteiger partial charge in [0.1, 0.15) is 0 Å². The highest BCUT2D eigenvalue weighted by Crippen LogP contribution is 2.32. The van der Waals surface area contributed by atoms with Crippen LogP contribution in [0.3, 0.4) is 0 Å². The predicted molar refractivity (Wildman–Crippen MR) is 112 cm³/mol. The minimum Gasteiger partial charge on any atom is -0.375 e. The van der Waals surface area contributed by atoms with E-state index in [4.69, 9.17) is 34.8 Å².